The number of nitrogens with one attached hydrogen (secondary N) is 2. The summed E-state index contributed by atoms with van der Waals surface area (Å²) in [5.41, 5.74) is 0.428. The Hall–Kier alpha value is -2.42. The Morgan fingerprint density at radius 1 is 1.25 bits per heavy atom. The minimum Gasteiger partial charge on any atom is -0.480 e. The highest BCUT2D eigenvalue weighted by molar-refractivity contribution is 7.98. The van der Waals surface area contributed by atoms with Crippen LogP contribution in [0.1, 0.15) is 13.3 Å². The van der Waals surface area contributed by atoms with Crippen molar-refractivity contribution >= 4 is 35.6 Å². The molecule has 0 radical (unpaired) electrons. The molecule has 0 saturated heterocycles. The molecule has 0 aliphatic rings. The van der Waals surface area contributed by atoms with Crippen molar-refractivity contribution in [3.05, 3.63) is 24.3 Å². The fourth-order valence-corrected chi connectivity index (χ4v) is 2.14. The second-order valence-corrected chi connectivity index (χ2v) is 5.57. The van der Waals surface area contributed by atoms with Crippen molar-refractivity contribution < 1.29 is 29.0 Å². The molecule has 24 heavy (non-hydrogen) atoms. The van der Waals surface area contributed by atoms with Crippen molar-refractivity contribution in [1.82, 2.24) is 5.32 Å². The molecule has 8 nitrogen and oxygen atoms in total. The number of hydrogen-bond donors (Lipinski definition) is 3. The number of aliphatic carboxylic acids is 1. The Morgan fingerprint density at radius 3 is 2.46 bits per heavy atom. The number of carboxylic acids is 1. The van der Waals surface area contributed by atoms with Gasteiger partial charge in [0.1, 0.15) is 11.8 Å². The highest BCUT2D eigenvalue weighted by Gasteiger charge is 2.19. The van der Waals surface area contributed by atoms with Crippen LogP contribution in [0.4, 0.5) is 15.3 Å². The number of thioether (sulfide) groups is 1. The number of ether oxygens (including phenoxy) is 2. The van der Waals surface area contributed by atoms with Crippen molar-refractivity contribution in [3.63, 3.8) is 0 Å². The van der Waals surface area contributed by atoms with Crippen molar-refractivity contribution in [2.75, 3.05) is 23.9 Å². The van der Waals surface area contributed by atoms with Crippen LogP contribution >= 0.6 is 11.8 Å². The number of urea groups is 1. The SMILES string of the molecule is CCOC(=O)Oc1ccc(NC(=O)NC(CCSC)C(=O)O)cc1. The smallest absolute Gasteiger partial charge is 0.480 e. The summed E-state index contributed by atoms with van der Waals surface area (Å²) < 4.78 is 9.53. The molecular weight excluding hydrogens is 336 g/mol. The van der Waals surface area contributed by atoms with Crippen molar-refractivity contribution in [2.45, 2.75) is 19.4 Å². The van der Waals surface area contributed by atoms with Crippen molar-refractivity contribution in [3.8, 4) is 5.75 Å². The molecule has 1 atom stereocenters. The molecule has 3 N–H and O–H groups in total. The predicted octanol–water partition coefficient (Wildman–Crippen LogP) is 2.55. The molecule has 0 aromatic heterocycles. The summed E-state index contributed by atoms with van der Waals surface area (Å²) in [6.45, 7) is 1.87. The van der Waals surface area contributed by atoms with E-state index in [4.69, 9.17) is 9.84 Å². The van der Waals surface area contributed by atoms with E-state index < -0.39 is 24.2 Å². The Kier molecular flexibility index (Phi) is 8.48. The van der Waals surface area contributed by atoms with E-state index in [1.807, 2.05) is 6.26 Å². The zero-order valence-corrected chi connectivity index (χ0v) is 14.2. The third-order valence-corrected chi connectivity index (χ3v) is 3.43. The highest BCUT2D eigenvalue weighted by atomic mass is 32.2. The largest absolute Gasteiger partial charge is 0.513 e. The number of amides is 2. The van der Waals surface area contributed by atoms with Crippen LogP contribution in [0, 0.1) is 0 Å². The molecule has 132 valence electrons. The molecule has 1 unspecified atom stereocenters. The Morgan fingerprint density at radius 2 is 1.92 bits per heavy atom. The number of carbonyl (C=O) groups excluding carboxylic acids is 2. The van der Waals surface area contributed by atoms with E-state index in [1.165, 1.54) is 36.0 Å². The number of carboxylic acid groups (broad SMARTS) is 1. The third-order valence-electron chi connectivity index (χ3n) is 2.79. The third kappa shape index (κ3) is 7.23. The molecule has 0 aliphatic carbocycles. The van der Waals surface area contributed by atoms with Gasteiger partial charge in [-0.05, 0) is 49.6 Å². The topological polar surface area (TPSA) is 114 Å². The summed E-state index contributed by atoms with van der Waals surface area (Å²) in [6, 6.07) is 4.42. The van der Waals surface area contributed by atoms with E-state index in [0.717, 1.165) is 0 Å². The molecule has 1 aromatic rings. The Labute approximate surface area is 143 Å². The van der Waals surface area contributed by atoms with Gasteiger partial charge >= 0.3 is 18.2 Å². The van der Waals surface area contributed by atoms with Gasteiger partial charge < -0.3 is 25.2 Å². The molecule has 1 aromatic carbocycles. The van der Waals surface area contributed by atoms with Gasteiger partial charge in [0, 0.05) is 5.69 Å². The van der Waals surface area contributed by atoms with E-state index in [0.29, 0.717) is 17.9 Å². The van der Waals surface area contributed by atoms with Crippen LogP contribution in [0.15, 0.2) is 24.3 Å². The highest BCUT2D eigenvalue weighted by Crippen LogP contribution is 2.16. The van der Waals surface area contributed by atoms with Crippen LogP contribution in [0.25, 0.3) is 0 Å². The number of benzene rings is 1. The van der Waals surface area contributed by atoms with Crippen LogP contribution in [-0.2, 0) is 9.53 Å². The zero-order valence-electron chi connectivity index (χ0n) is 13.4. The predicted molar refractivity (Wildman–Crippen MR) is 90.7 cm³/mol. The number of carbonyl (C=O) groups is 3. The van der Waals surface area contributed by atoms with E-state index in [9.17, 15) is 14.4 Å². The summed E-state index contributed by atoms with van der Waals surface area (Å²) in [5, 5.41) is 14.0. The average molecular weight is 356 g/mol. The quantitative estimate of drug-likeness (QED) is 0.484. The van der Waals surface area contributed by atoms with Crippen LogP contribution in [0.2, 0.25) is 0 Å². The first-order chi connectivity index (χ1) is 11.5. The molecule has 0 saturated carbocycles. The molecular formula is C15H20N2O6S. The van der Waals surface area contributed by atoms with E-state index in [1.54, 1.807) is 6.92 Å². The normalized spacial score (nSPS) is 11.2. The molecule has 0 aliphatic heterocycles. The van der Waals surface area contributed by atoms with E-state index in [2.05, 4.69) is 15.4 Å². The number of anilines is 1. The first-order valence-corrected chi connectivity index (χ1v) is 8.59. The summed E-state index contributed by atoms with van der Waals surface area (Å²) >= 11 is 1.50. The van der Waals surface area contributed by atoms with Gasteiger partial charge in [-0.15, -0.1) is 0 Å². The fourth-order valence-electron chi connectivity index (χ4n) is 1.67. The summed E-state index contributed by atoms with van der Waals surface area (Å²) in [4.78, 5) is 34.1. The van der Waals surface area contributed by atoms with Crippen LogP contribution in [0.3, 0.4) is 0 Å². The molecule has 9 heteroatoms. The number of hydrogen-bond acceptors (Lipinski definition) is 6. The average Bonchev–Trinajstić information content (AvgIpc) is 2.53. The van der Waals surface area contributed by atoms with Gasteiger partial charge in [-0.25, -0.2) is 14.4 Å². The van der Waals surface area contributed by atoms with Crippen LogP contribution in [-0.4, -0.2) is 47.9 Å². The minimum absolute atomic E-state index is 0.208. The minimum atomic E-state index is -1.09. The van der Waals surface area contributed by atoms with E-state index in [-0.39, 0.29) is 12.4 Å². The second-order valence-electron chi connectivity index (χ2n) is 4.58. The molecule has 0 bridgehead atoms. The molecule has 0 heterocycles. The van der Waals surface area contributed by atoms with Gasteiger partial charge in [-0.2, -0.15) is 11.8 Å². The first-order valence-electron chi connectivity index (χ1n) is 7.20. The maximum Gasteiger partial charge on any atom is 0.513 e. The lowest BCUT2D eigenvalue weighted by atomic mass is 10.2. The summed E-state index contributed by atoms with van der Waals surface area (Å²) in [6.07, 6.45) is 1.38. The van der Waals surface area contributed by atoms with Crippen molar-refractivity contribution in [1.29, 1.82) is 0 Å². The van der Waals surface area contributed by atoms with E-state index >= 15 is 0 Å². The lowest BCUT2D eigenvalue weighted by molar-refractivity contribution is -0.139. The Bertz CT molecular complexity index is 564. The van der Waals surface area contributed by atoms with Crippen LogP contribution in [0.5, 0.6) is 5.75 Å². The van der Waals surface area contributed by atoms with Crippen molar-refractivity contribution in [2.24, 2.45) is 0 Å². The molecule has 0 fully saturated rings. The molecule has 2 amide bonds. The van der Waals surface area contributed by atoms with Gasteiger partial charge in [0.2, 0.25) is 0 Å². The van der Waals surface area contributed by atoms with Gasteiger partial charge in [-0.1, -0.05) is 0 Å². The monoisotopic (exact) mass is 356 g/mol. The first kappa shape index (κ1) is 19.6. The summed E-state index contributed by atoms with van der Waals surface area (Å²) in [7, 11) is 0. The summed E-state index contributed by atoms with van der Waals surface area (Å²) in [5.74, 6) is -0.197. The fraction of sp³-hybridized carbons (Fsp3) is 0.400. The van der Waals surface area contributed by atoms with Gasteiger partial charge in [0.15, 0.2) is 0 Å². The maximum absolute atomic E-state index is 11.8. The Balaban J connectivity index is 2.54. The zero-order chi connectivity index (χ0) is 17.9. The lowest BCUT2D eigenvalue weighted by Gasteiger charge is -2.14. The number of rotatable bonds is 8. The van der Waals surface area contributed by atoms with Gasteiger partial charge in [0.25, 0.3) is 0 Å². The standard InChI is InChI=1S/C15H20N2O6S/c1-3-22-15(21)23-11-6-4-10(5-7-11)16-14(20)17-12(13(18)19)8-9-24-2/h4-7,12H,3,8-9H2,1-2H3,(H,18,19)(H2,16,17,20). The van der Waals surface area contributed by atoms with Gasteiger partial charge in [0.05, 0.1) is 6.61 Å². The van der Waals surface area contributed by atoms with Crippen LogP contribution < -0.4 is 15.4 Å². The second kappa shape index (κ2) is 10.4. The maximum atomic E-state index is 11.8. The lowest BCUT2D eigenvalue weighted by Crippen LogP contribution is -2.43. The molecule has 0 spiro atoms. The molecule has 1 rings (SSSR count). The van der Waals surface area contributed by atoms with Gasteiger partial charge in [-0.3, -0.25) is 0 Å².